The Bertz CT molecular complexity index is 554. The van der Waals surface area contributed by atoms with E-state index in [9.17, 15) is 14.7 Å². The van der Waals surface area contributed by atoms with Gasteiger partial charge in [-0.15, -0.1) is 0 Å². The number of aromatic nitrogens is 2. The first-order valence-corrected chi connectivity index (χ1v) is 6.95. The summed E-state index contributed by atoms with van der Waals surface area (Å²) in [6.45, 7) is 4.87. The lowest BCUT2D eigenvalue weighted by Gasteiger charge is -2.23. The maximum atomic E-state index is 12.2. The minimum absolute atomic E-state index is 0.0669. The number of carboxylic acids is 1. The summed E-state index contributed by atoms with van der Waals surface area (Å²) in [6.07, 6.45) is 0.631. The van der Waals surface area contributed by atoms with E-state index in [4.69, 9.17) is 4.74 Å². The third-order valence-electron chi connectivity index (χ3n) is 4.01. The van der Waals surface area contributed by atoms with E-state index >= 15 is 0 Å². The molecule has 0 aliphatic carbocycles. The molecule has 1 aliphatic rings. The Morgan fingerprint density at radius 1 is 1.48 bits per heavy atom. The van der Waals surface area contributed by atoms with Crippen molar-refractivity contribution in [1.82, 2.24) is 14.7 Å². The van der Waals surface area contributed by atoms with Crippen molar-refractivity contribution in [3.63, 3.8) is 0 Å². The van der Waals surface area contributed by atoms with E-state index in [0.29, 0.717) is 25.9 Å². The largest absolute Gasteiger partial charge is 0.479 e. The molecule has 1 atom stereocenters. The lowest BCUT2D eigenvalue weighted by atomic mass is 10.0. The zero-order chi connectivity index (χ0) is 15.6. The molecule has 0 bridgehead atoms. The van der Waals surface area contributed by atoms with Gasteiger partial charge < -0.3 is 14.7 Å². The van der Waals surface area contributed by atoms with Crippen molar-refractivity contribution in [1.29, 1.82) is 0 Å². The molecule has 1 unspecified atom stereocenters. The fourth-order valence-electron chi connectivity index (χ4n) is 2.68. The Kier molecular flexibility index (Phi) is 4.32. The van der Waals surface area contributed by atoms with Crippen LogP contribution in [0.4, 0.5) is 0 Å². The Morgan fingerprint density at radius 3 is 2.67 bits per heavy atom. The van der Waals surface area contributed by atoms with Crippen LogP contribution in [0.25, 0.3) is 0 Å². The summed E-state index contributed by atoms with van der Waals surface area (Å²) in [5.74, 6) is -1.08. The first-order chi connectivity index (χ1) is 9.88. The number of amides is 1. The number of likely N-dealkylation sites (tertiary alicyclic amines) is 1. The minimum Gasteiger partial charge on any atom is -0.479 e. The summed E-state index contributed by atoms with van der Waals surface area (Å²) < 4.78 is 6.91. The van der Waals surface area contributed by atoms with Crippen LogP contribution < -0.4 is 0 Å². The average molecular weight is 295 g/mol. The van der Waals surface area contributed by atoms with Crippen LogP contribution in [0.3, 0.4) is 0 Å². The van der Waals surface area contributed by atoms with Gasteiger partial charge in [0.1, 0.15) is 0 Å². The Labute approximate surface area is 123 Å². The van der Waals surface area contributed by atoms with Gasteiger partial charge in [-0.05, 0) is 19.9 Å². The molecule has 0 aromatic carbocycles. The highest BCUT2D eigenvalue weighted by Gasteiger charge is 2.46. The van der Waals surface area contributed by atoms with Crippen LogP contribution in [-0.2, 0) is 20.9 Å². The molecule has 0 saturated carbocycles. The third-order valence-corrected chi connectivity index (χ3v) is 4.01. The smallest absolute Gasteiger partial charge is 0.337 e. The summed E-state index contributed by atoms with van der Waals surface area (Å²) in [4.78, 5) is 25.0. The van der Waals surface area contributed by atoms with Gasteiger partial charge in [-0.3, -0.25) is 9.48 Å². The number of hydrogen-bond acceptors (Lipinski definition) is 4. The van der Waals surface area contributed by atoms with Crippen molar-refractivity contribution in [3.8, 4) is 0 Å². The first-order valence-electron chi connectivity index (χ1n) is 6.95. The predicted octanol–water partition coefficient (Wildman–Crippen LogP) is 0.592. The van der Waals surface area contributed by atoms with Crippen LogP contribution in [-0.4, -0.2) is 57.5 Å². The second-order valence-electron chi connectivity index (χ2n) is 5.47. The fourth-order valence-corrected chi connectivity index (χ4v) is 2.68. The number of methoxy groups -OCH3 is 1. The number of aryl methyl sites for hydroxylation is 3. The number of hydrogen-bond donors (Lipinski definition) is 1. The van der Waals surface area contributed by atoms with E-state index in [1.54, 1.807) is 9.58 Å². The monoisotopic (exact) mass is 295 g/mol. The standard InChI is InChI=1S/C14H21N3O4/c1-10-8-11(2)17(15-10)6-4-12(18)16-7-5-14(9-16,21-3)13(19)20/h8H,4-7,9H2,1-3H3,(H,19,20). The highest BCUT2D eigenvalue weighted by atomic mass is 16.5. The highest BCUT2D eigenvalue weighted by molar-refractivity contribution is 5.82. The van der Waals surface area contributed by atoms with Crippen LogP contribution >= 0.6 is 0 Å². The summed E-state index contributed by atoms with van der Waals surface area (Å²) in [5, 5.41) is 13.5. The SMILES string of the molecule is COC1(C(=O)O)CCN(C(=O)CCn2nc(C)cc2C)C1. The van der Waals surface area contributed by atoms with Crippen molar-refractivity contribution in [2.75, 3.05) is 20.2 Å². The van der Waals surface area contributed by atoms with Crippen molar-refractivity contribution >= 4 is 11.9 Å². The molecular weight excluding hydrogens is 274 g/mol. The van der Waals surface area contributed by atoms with E-state index < -0.39 is 11.6 Å². The molecule has 0 spiro atoms. The number of carbonyl (C=O) groups is 2. The Morgan fingerprint density at radius 2 is 2.19 bits per heavy atom. The Balaban J connectivity index is 1.93. The molecule has 2 heterocycles. The predicted molar refractivity (Wildman–Crippen MR) is 74.9 cm³/mol. The first kappa shape index (κ1) is 15.5. The molecule has 2 rings (SSSR count). The lowest BCUT2D eigenvalue weighted by Crippen LogP contribution is -2.44. The topological polar surface area (TPSA) is 84.7 Å². The number of nitrogens with zero attached hydrogens (tertiary/aromatic N) is 3. The fraction of sp³-hybridized carbons (Fsp3) is 0.643. The van der Waals surface area contributed by atoms with Gasteiger partial charge >= 0.3 is 5.97 Å². The lowest BCUT2D eigenvalue weighted by molar-refractivity contribution is -0.161. The molecule has 1 saturated heterocycles. The molecule has 7 nitrogen and oxygen atoms in total. The quantitative estimate of drug-likeness (QED) is 0.859. The number of aliphatic carboxylic acids is 1. The van der Waals surface area contributed by atoms with Gasteiger partial charge in [0.15, 0.2) is 5.60 Å². The molecule has 21 heavy (non-hydrogen) atoms. The number of rotatable bonds is 5. The number of ether oxygens (including phenoxy) is 1. The van der Waals surface area contributed by atoms with E-state index in [-0.39, 0.29) is 12.5 Å². The van der Waals surface area contributed by atoms with Crippen LogP contribution in [0.2, 0.25) is 0 Å². The van der Waals surface area contributed by atoms with Crippen molar-refractivity contribution in [2.24, 2.45) is 0 Å². The molecule has 7 heteroatoms. The normalized spacial score (nSPS) is 21.8. The molecule has 1 aliphatic heterocycles. The summed E-state index contributed by atoms with van der Waals surface area (Å²) in [6, 6.07) is 1.96. The number of carboxylic acid groups (broad SMARTS) is 1. The van der Waals surface area contributed by atoms with Crippen molar-refractivity contribution < 1.29 is 19.4 Å². The molecule has 1 aromatic rings. The molecular formula is C14H21N3O4. The van der Waals surface area contributed by atoms with Crippen molar-refractivity contribution in [2.45, 2.75) is 38.8 Å². The minimum atomic E-state index is -1.26. The zero-order valence-corrected chi connectivity index (χ0v) is 12.6. The average Bonchev–Trinajstić information content (AvgIpc) is 3.00. The molecule has 116 valence electrons. The molecule has 1 aromatic heterocycles. The third kappa shape index (κ3) is 3.07. The maximum Gasteiger partial charge on any atom is 0.337 e. The second-order valence-corrected chi connectivity index (χ2v) is 5.47. The van der Waals surface area contributed by atoms with Crippen LogP contribution in [0, 0.1) is 13.8 Å². The summed E-state index contributed by atoms with van der Waals surface area (Å²) >= 11 is 0. The van der Waals surface area contributed by atoms with Gasteiger partial charge in [0.25, 0.3) is 0 Å². The van der Waals surface area contributed by atoms with Gasteiger partial charge in [0.2, 0.25) is 5.91 Å². The van der Waals surface area contributed by atoms with E-state index in [1.165, 1.54) is 7.11 Å². The van der Waals surface area contributed by atoms with Gasteiger partial charge in [-0.2, -0.15) is 5.10 Å². The van der Waals surface area contributed by atoms with Gasteiger partial charge in [-0.25, -0.2) is 4.79 Å². The van der Waals surface area contributed by atoms with Crippen LogP contribution in [0.15, 0.2) is 6.07 Å². The highest BCUT2D eigenvalue weighted by Crippen LogP contribution is 2.25. The molecule has 1 N–H and O–H groups in total. The Hall–Kier alpha value is -1.89. The van der Waals surface area contributed by atoms with Crippen molar-refractivity contribution in [3.05, 3.63) is 17.5 Å². The molecule has 1 amide bonds. The van der Waals surface area contributed by atoms with Gasteiger partial charge in [0, 0.05) is 38.7 Å². The van der Waals surface area contributed by atoms with Gasteiger partial charge in [-0.1, -0.05) is 0 Å². The van der Waals surface area contributed by atoms with Crippen LogP contribution in [0.1, 0.15) is 24.2 Å². The molecule has 1 fully saturated rings. The number of carbonyl (C=O) groups excluding carboxylic acids is 1. The van der Waals surface area contributed by atoms with Crippen LogP contribution in [0.5, 0.6) is 0 Å². The van der Waals surface area contributed by atoms with Gasteiger partial charge in [0.05, 0.1) is 12.2 Å². The zero-order valence-electron chi connectivity index (χ0n) is 12.6. The maximum absolute atomic E-state index is 12.2. The van der Waals surface area contributed by atoms with E-state index in [2.05, 4.69) is 5.10 Å². The summed E-state index contributed by atoms with van der Waals surface area (Å²) in [5.41, 5.74) is 0.678. The summed E-state index contributed by atoms with van der Waals surface area (Å²) in [7, 11) is 1.37. The second kappa shape index (κ2) is 5.85. The molecule has 0 radical (unpaired) electrons. The van der Waals surface area contributed by atoms with E-state index in [1.807, 2.05) is 19.9 Å². The van der Waals surface area contributed by atoms with E-state index in [0.717, 1.165) is 11.4 Å².